The molecule has 0 saturated heterocycles. The Morgan fingerprint density at radius 2 is 2.10 bits per heavy atom. The Labute approximate surface area is 117 Å². The van der Waals surface area contributed by atoms with E-state index >= 15 is 0 Å². The molecule has 0 radical (unpaired) electrons. The molecule has 1 saturated carbocycles. The summed E-state index contributed by atoms with van der Waals surface area (Å²) in [4.78, 5) is 5.36. The molecule has 112 valence electrons. The van der Waals surface area contributed by atoms with Gasteiger partial charge in [-0.05, 0) is 44.4 Å². The van der Waals surface area contributed by atoms with Gasteiger partial charge in [0, 0.05) is 24.8 Å². The number of hydrogen-bond donors (Lipinski definition) is 1. The zero-order valence-electron chi connectivity index (χ0n) is 11.7. The van der Waals surface area contributed by atoms with Gasteiger partial charge in [-0.1, -0.05) is 0 Å². The van der Waals surface area contributed by atoms with Crippen LogP contribution in [0.1, 0.15) is 32.3 Å². The molecule has 0 aromatic carbocycles. The smallest absolute Gasteiger partial charge is 0.345 e. The first-order valence-electron chi connectivity index (χ1n) is 6.87. The van der Waals surface area contributed by atoms with Crippen molar-refractivity contribution in [1.29, 1.82) is 0 Å². The first-order chi connectivity index (χ1) is 9.35. The number of pyridine rings is 1. The van der Waals surface area contributed by atoms with Crippen molar-refractivity contribution in [2.24, 2.45) is 0 Å². The van der Waals surface area contributed by atoms with E-state index in [1.807, 2.05) is 6.07 Å². The van der Waals surface area contributed by atoms with E-state index in [0.717, 1.165) is 5.56 Å². The lowest BCUT2D eigenvalue weighted by molar-refractivity contribution is -0.120. The summed E-state index contributed by atoms with van der Waals surface area (Å²) in [6, 6.07) is 3.89. The SMILES string of the molecule is CC(C)N(CC(F)(F)F)c1cc(CNC2CC2)ccn1. The van der Waals surface area contributed by atoms with Gasteiger partial charge in [0.1, 0.15) is 12.4 Å². The van der Waals surface area contributed by atoms with E-state index in [-0.39, 0.29) is 6.04 Å². The van der Waals surface area contributed by atoms with Crippen LogP contribution in [0.3, 0.4) is 0 Å². The van der Waals surface area contributed by atoms with Crippen molar-refractivity contribution < 1.29 is 13.2 Å². The molecule has 6 heteroatoms. The summed E-state index contributed by atoms with van der Waals surface area (Å²) in [6.45, 7) is 3.18. The van der Waals surface area contributed by atoms with Gasteiger partial charge in [0.2, 0.25) is 0 Å². The Kier molecular flexibility index (Phi) is 4.52. The minimum absolute atomic E-state index is 0.254. The molecule has 20 heavy (non-hydrogen) atoms. The average molecular weight is 287 g/mol. The highest BCUT2D eigenvalue weighted by atomic mass is 19.4. The number of alkyl halides is 3. The van der Waals surface area contributed by atoms with Crippen LogP contribution < -0.4 is 10.2 Å². The van der Waals surface area contributed by atoms with E-state index in [1.165, 1.54) is 17.7 Å². The number of hydrogen-bond acceptors (Lipinski definition) is 3. The molecule has 1 aromatic rings. The molecule has 0 bridgehead atoms. The molecule has 1 aromatic heterocycles. The Morgan fingerprint density at radius 1 is 1.40 bits per heavy atom. The normalized spacial score (nSPS) is 15.7. The van der Waals surface area contributed by atoms with Gasteiger partial charge < -0.3 is 10.2 Å². The second-order valence-electron chi connectivity index (χ2n) is 5.51. The third kappa shape index (κ3) is 4.67. The predicted molar refractivity (Wildman–Crippen MR) is 72.6 cm³/mol. The van der Waals surface area contributed by atoms with Gasteiger partial charge in [0.25, 0.3) is 0 Å². The summed E-state index contributed by atoms with van der Waals surface area (Å²) in [6.07, 6.45) is -0.284. The number of halogens is 3. The average Bonchev–Trinajstić information content (AvgIpc) is 3.16. The number of rotatable bonds is 6. The molecular formula is C14H20F3N3. The van der Waals surface area contributed by atoms with Gasteiger partial charge in [-0.25, -0.2) is 4.98 Å². The van der Waals surface area contributed by atoms with Crippen LogP contribution in [0.4, 0.5) is 19.0 Å². The third-order valence-electron chi connectivity index (χ3n) is 3.25. The monoisotopic (exact) mass is 287 g/mol. The maximum Gasteiger partial charge on any atom is 0.405 e. The second kappa shape index (κ2) is 5.99. The van der Waals surface area contributed by atoms with Crippen LogP contribution in [0, 0.1) is 0 Å². The van der Waals surface area contributed by atoms with E-state index in [4.69, 9.17) is 0 Å². The van der Waals surface area contributed by atoms with E-state index in [9.17, 15) is 13.2 Å². The number of nitrogens with zero attached hydrogens (tertiary/aromatic N) is 2. The maximum atomic E-state index is 12.6. The van der Waals surface area contributed by atoms with Crippen LogP contribution in [-0.2, 0) is 6.54 Å². The van der Waals surface area contributed by atoms with Gasteiger partial charge in [0.05, 0.1) is 0 Å². The van der Waals surface area contributed by atoms with E-state index in [2.05, 4.69) is 10.3 Å². The van der Waals surface area contributed by atoms with E-state index in [1.54, 1.807) is 26.1 Å². The Bertz CT molecular complexity index is 442. The topological polar surface area (TPSA) is 28.2 Å². The fraction of sp³-hybridized carbons (Fsp3) is 0.643. The molecule has 1 heterocycles. The zero-order valence-corrected chi connectivity index (χ0v) is 11.7. The van der Waals surface area contributed by atoms with Crippen LogP contribution >= 0.6 is 0 Å². The quantitative estimate of drug-likeness (QED) is 0.871. The first-order valence-corrected chi connectivity index (χ1v) is 6.87. The molecule has 3 nitrogen and oxygen atoms in total. The van der Waals surface area contributed by atoms with E-state index in [0.29, 0.717) is 18.4 Å². The number of aromatic nitrogens is 1. The highest BCUT2D eigenvalue weighted by Crippen LogP contribution is 2.24. The minimum atomic E-state index is -4.23. The zero-order chi connectivity index (χ0) is 14.8. The molecule has 2 rings (SSSR count). The maximum absolute atomic E-state index is 12.6. The second-order valence-corrected chi connectivity index (χ2v) is 5.51. The summed E-state index contributed by atoms with van der Waals surface area (Å²) in [5.74, 6) is 0.382. The Balaban J connectivity index is 2.08. The van der Waals surface area contributed by atoms with Gasteiger partial charge in [-0.3, -0.25) is 0 Å². The molecule has 1 N–H and O–H groups in total. The van der Waals surface area contributed by atoms with Crippen molar-refractivity contribution in [2.45, 2.75) is 51.5 Å². The summed E-state index contributed by atoms with van der Waals surface area (Å²) >= 11 is 0. The molecule has 0 unspecified atom stereocenters. The van der Waals surface area contributed by atoms with Gasteiger partial charge in [-0.2, -0.15) is 13.2 Å². The van der Waals surface area contributed by atoms with Gasteiger partial charge in [-0.15, -0.1) is 0 Å². The summed E-state index contributed by atoms with van der Waals surface area (Å²) in [5, 5.41) is 3.35. The van der Waals surface area contributed by atoms with E-state index < -0.39 is 12.7 Å². The van der Waals surface area contributed by atoms with Crippen molar-refractivity contribution in [1.82, 2.24) is 10.3 Å². The Morgan fingerprint density at radius 3 is 2.65 bits per heavy atom. The lowest BCUT2D eigenvalue weighted by Gasteiger charge is -2.29. The molecule has 1 aliphatic rings. The summed E-state index contributed by atoms with van der Waals surface area (Å²) < 4.78 is 37.9. The van der Waals surface area contributed by atoms with Crippen LogP contribution in [0.15, 0.2) is 18.3 Å². The largest absolute Gasteiger partial charge is 0.405 e. The molecule has 0 spiro atoms. The molecular weight excluding hydrogens is 267 g/mol. The number of nitrogens with one attached hydrogen (secondary N) is 1. The third-order valence-corrected chi connectivity index (χ3v) is 3.25. The highest BCUT2D eigenvalue weighted by Gasteiger charge is 2.32. The van der Waals surface area contributed by atoms with Crippen molar-refractivity contribution in [3.8, 4) is 0 Å². The van der Waals surface area contributed by atoms with Gasteiger partial charge >= 0.3 is 6.18 Å². The summed E-state index contributed by atoms with van der Waals surface area (Å²) in [5.41, 5.74) is 0.967. The molecule has 1 aliphatic carbocycles. The lowest BCUT2D eigenvalue weighted by Crippen LogP contribution is -2.39. The fourth-order valence-corrected chi connectivity index (χ4v) is 2.00. The van der Waals surface area contributed by atoms with Crippen molar-refractivity contribution in [2.75, 3.05) is 11.4 Å². The first kappa shape index (κ1) is 15.1. The van der Waals surface area contributed by atoms with Gasteiger partial charge in [0.15, 0.2) is 0 Å². The molecule has 0 amide bonds. The molecule has 1 fully saturated rings. The van der Waals surface area contributed by atoms with Crippen LogP contribution in [-0.4, -0.2) is 29.8 Å². The van der Waals surface area contributed by atoms with Crippen LogP contribution in [0.25, 0.3) is 0 Å². The Hall–Kier alpha value is -1.30. The van der Waals surface area contributed by atoms with Crippen LogP contribution in [0.2, 0.25) is 0 Å². The number of anilines is 1. The predicted octanol–water partition coefficient (Wildman–Crippen LogP) is 3.11. The minimum Gasteiger partial charge on any atom is -0.345 e. The summed E-state index contributed by atoms with van der Waals surface area (Å²) in [7, 11) is 0. The van der Waals surface area contributed by atoms with Crippen molar-refractivity contribution >= 4 is 5.82 Å². The molecule has 0 atom stereocenters. The standard InChI is InChI=1S/C14H20F3N3/c1-10(2)20(9-14(15,16)17)13-7-11(5-6-18-13)8-19-12-3-4-12/h5-7,10,12,19H,3-4,8-9H2,1-2H3. The molecule has 0 aliphatic heterocycles. The van der Waals surface area contributed by atoms with Crippen molar-refractivity contribution in [3.63, 3.8) is 0 Å². The highest BCUT2D eigenvalue weighted by molar-refractivity contribution is 5.42. The fourth-order valence-electron chi connectivity index (χ4n) is 2.00. The van der Waals surface area contributed by atoms with Crippen molar-refractivity contribution in [3.05, 3.63) is 23.9 Å². The van der Waals surface area contributed by atoms with Crippen LogP contribution in [0.5, 0.6) is 0 Å². The lowest BCUT2D eigenvalue weighted by atomic mass is 10.2.